The lowest BCUT2D eigenvalue weighted by Crippen LogP contribution is -2.52. The number of pyridine rings is 3. The van der Waals surface area contributed by atoms with Gasteiger partial charge in [0.1, 0.15) is 15.8 Å². The molecule has 49 heavy (non-hydrogen) atoms. The average molecular weight is 696 g/mol. The molecule has 13 heteroatoms. The van der Waals surface area contributed by atoms with Crippen LogP contribution in [-0.4, -0.2) is 74.7 Å². The summed E-state index contributed by atoms with van der Waals surface area (Å²) in [7, 11) is -2.69. The lowest BCUT2D eigenvalue weighted by atomic mass is 9.82. The van der Waals surface area contributed by atoms with E-state index in [2.05, 4.69) is 30.8 Å². The fourth-order valence-corrected chi connectivity index (χ4v) is 8.93. The average Bonchev–Trinajstić information content (AvgIpc) is 3.28. The molecule has 2 aliphatic heterocycles. The predicted molar refractivity (Wildman–Crippen MR) is 188 cm³/mol. The largest absolute Gasteiger partial charge is 0.496 e. The summed E-state index contributed by atoms with van der Waals surface area (Å²) >= 11 is 6.43. The summed E-state index contributed by atoms with van der Waals surface area (Å²) in [5.74, 6) is 0.836. The molecule has 250 valence electrons. The molecule has 2 aromatic carbocycles. The van der Waals surface area contributed by atoms with Gasteiger partial charge >= 0.3 is 0 Å². The van der Waals surface area contributed by atoms with Crippen molar-refractivity contribution in [3.63, 3.8) is 0 Å². The minimum absolute atomic E-state index is 0.00144. The van der Waals surface area contributed by atoms with E-state index in [9.17, 15) is 5.26 Å². The first-order valence-electron chi connectivity index (χ1n) is 16.0. The minimum Gasteiger partial charge on any atom is -0.496 e. The zero-order valence-corrected chi connectivity index (χ0v) is 28.7. The SMILES string of the molecule is CCOc1nc(Cl)ccc1C1(N2CCCN(c3ccncc3)CC2)CN(S(=O)(=O)c2ccc(OC)c3cccnc23)c2ccc(C#N)cc21. The lowest BCUT2D eigenvalue weighted by Gasteiger charge is -2.42. The Balaban J connectivity index is 1.44. The van der Waals surface area contributed by atoms with Crippen LogP contribution in [0.4, 0.5) is 11.4 Å². The molecule has 5 heterocycles. The van der Waals surface area contributed by atoms with E-state index >= 15 is 8.42 Å². The number of fused-ring (bicyclic) bond motifs is 2. The number of benzene rings is 2. The third-order valence-electron chi connectivity index (χ3n) is 9.31. The zero-order chi connectivity index (χ0) is 34.2. The molecule has 5 aromatic rings. The van der Waals surface area contributed by atoms with Crippen molar-refractivity contribution >= 4 is 43.9 Å². The molecule has 1 fully saturated rings. The van der Waals surface area contributed by atoms with E-state index in [4.69, 9.17) is 21.1 Å². The van der Waals surface area contributed by atoms with E-state index in [0.717, 1.165) is 18.7 Å². The first-order valence-corrected chi connectivity index (χ1v) is 17.8. The van der Waals surface area contributed by atoms with E-state index in [1.807, 2.05) is 25.1 Å². The summed E-state index contributed by atoms with van der Waals surface area (Å²) in [5, 5.41) is 10.9. The molecule has 1 unspecified atom stereocenters. The van der Waals surface area contributed by atoms with Crippen molar-refractivity contribution in [2.75, 3.05) is 55.6 Å². The van der Waals surface area contributed by atoms with Crippen molar-refractivity contribution < 1.29 is 17.9 Å². The number of hydrogen-bond donors (Lipinski definition) is 0. The molecule has 0 bridgehead atoms. The molecule has 0 amide bonds. The van der Waals surface area contributed by atoms with Crippen molar-refractivity contribution in [1.29, 1.82) is 5.26 Å². The van der Waals surface area contributed by atoms with Gasteiger partial charge in [-0.25, -0.2) is 13.4 Å². The van der Waals surface area contributed by atoms with Crippen molar-refractivity contribution in [2.45, 2.75) is 23.8 Å². The fourth-order valence-electron chi connectivity index (χ4n) is 7.13. The van der Waals surface area contributed by atoms with Crippen LogP contribution < -0.4 is 18.7 Å². The minimum atomic E-state index is -4.24. The second kappa shape index (κ2) is 13.2. The Morgan fingerprint density at radius 1 is 0.980 bits per heavy atom. The molecule has 0 radical (unpaired) electrons. The lowest BCUT2D eigenvalue weighted by molar-refractivity contribution is 0.142. The molecule has 0 N–H and O–H groups in total. The number of methoxy groups -OCH3 is 1. The van der Waals surface area contributed by atoms with Gasteiger partial charge in [0.25, 0.3) is 10.0 Å². The molecular weight excluding hydrogens is 662 g/mol. The highest BCUT2D eigenvalue weighted by Gasteiger charge is 2.54. The van der Waals surface area contributed by atoms with Crippen molar-refractivity contribution in [3.05, 3.63) is 107 Å². The molecule has 7 rings (SSSR count). The number of ether oxygens (including phenoxy) is 2. The Labute approximate surface area is 290 Å². The molecule has 1 saturated heterocycles. The molecule has 3 aromatic heterocycles. The predicted octanol–water partition coefficient (Wildman–Crippen LogP) is 5.62. The third-order valence-corrected chi connectivity index (χ3v) is 11.3. The van der Waals surface area contributed by atoms with Gasteiger partial charge in [0.05, 0.1) is 48.6 Å². The van der Waals surface area contributed by atoms with Crippen LogP contribution in [0.25, 0.3) is 10.9 Å². The Bertz CT molecular complexity index is 2180. The highest BCUT2D eigenvalue weighted by molar-refractivity contribution is 7.93. The summed E-state index contributed by atoms with van der Waals surface area (Å²) in [6, 6.07) is 21.7. The molecule has 0 saturated carbocycles. The van der Waals surface area contributed by atoms with E-state index < -0.39 is 15.6 Å². The molecule has 1 atom stereocenters. The van der Waals surface area contributed by atoms with Gasteiger partial charge in [0, 0.05) is 67.0 Å². The number of hydrogen-bond acceptors (Lipinski definition) is 10. The summed E-state index contributed by atoms with van der Waals surface area (Å²) in [5.41, 5.74) is 2.49. The van der Waals surface area contributed by atoms with E-state index in [0.29, 0.717) is 71.2 Å². The molecule has 2 aliphatic rings. The van der Waals surface area contributed by atoms with Crippen molar-refractivity contribution in [1.82, 2.24) is 19.9 Å². The number of nitriles is 1. The van der Waals surface area contributed by atoms with E-state index in [1.54, 1.807) is 74.2 Å². The Morgan fingerprint density at radius 2 is 1.82 bits per heavy atom. The summed E-state index contributed by atoms with van der Waals surface area (Å²) in [6.07, 6.45) is 5.93. The standard InChI is InChI=1S/C36H34ClN7O4S/c1-3-48-35-28(8-12-33(37)41-35)36(43-19-5-18-42(20-21-43)26-13-16-39-17-14-26)24-44(30-9-7-25(23-38)22-29(30)36)49(45,46)32-11-10-31(47-2)27-6-4-15-40-34(27)32/h4,6-17,22H,3,5,18-21,24H2,1-2H3. The van der Waals surface area contributed by atoms with Crippen molar-refractivity contribution in [2.24, 2.45) is 0 Å². The number of sulfonamides is 1. The van der Waals surface area contributed by atoms with Gasteiger partial charge < -0.3 is 14.4 Å². The van der Waals surface area contributed by atoms with Gasteiger partial charge in [0.2, 0.25) is 5.88 Å². The Morgan fingerprint density at radius 3 is 2.59 bits per heavy atom. The monoisotopic (exact) mass is 695 g/mol. The molecular formula is C36H34ClN7O4S. The third kappa shape index (κ3) is 5.57. The quantitative estimate of drug-likeness (QED) is 0.189. The maximum absolute atomic E-state index is 15.0. The normalized spacial score (nSPS) is 18.2. The van der Waals surface area contributed by atoms with Crippen LogP contribution in [0.2, 0.25) is 5.15 Å². The number of rotatable bonds is 8. The number of anilines is 2. The number of aromatic nitrogens is 3. The van der Waals surface area contributed by atoms with Crippen LogP contribution in [0.3, 0.4) is 0 Å². The Kier molecular flexibility index (Phi) is 8.75. The van der Waals surface area contributed by atoms with Gasteiger partial charge in [-0.2, -0.15) is 5.26 Å². The van der Waals surface area contributed by atoms with E-state index in [-0.39, 0.29) is 16.6 Å². The van der Waals surface area contributed by atoms with Crippen LogP contribution in [0.15, 0.2) is 90.2 Å². The smallest absolute Gasteiger partial charge is 0.266 e. The highest BCUT2D eigenvalue weighted by atomic mass is 35.5. The first-order chi connectivity index (χ1) is 23.8. The molecule has 11 nitrogen and oxygen atoms in total. The number of halogens is 1. The topological polar surface area (TPSA) is 125 Å². The summed E-state index contributed by atoms with van der Waals surface area (Å²) in [4.78, 5) is 17.9. The van der Waals surface area contributed by atoms with Gasteiger partial charge in [-0.1, -0.05) is 11.6 Å². The van der Waals surface area contributed by atoms with Crippen molar-refractivity contribution in [3.8, 4) is 17.7 Å². The van der Waals surface area contributed by atoms with Gasteiger partial charge in [-0.05, 0) is 80.1 Å². The maximum atomic E-state index is 15.0. The number of nitrogens with zero attached hydrogens (tertiary/aromatic N) is 7. The summed E-state index contributed by atoms with van der Waals surface area (Å²) < 4.78 is 43.2. The second-order valence-electron chi connectivity index (χ2n) is 11.8. The van der Waals surface area contributed by atoms with Gasteiger partial charge in [-0.3, -0.25) is 19.2 Å². The van der Waals surface area contributed by atoms with Crippen LogP contribution in [0.5, 0.6) is 11.6 Å². The summed E-state index contributed by atoms with van der Waals surface area (Å²) in [6.45, 7) is 4.86. The second-order valence-corrected chi connectivity index (χ2v) is 14.1. The zero-order valence-electron chi connectivity index (χ0n) is 27.1. The van der Waals surface area contributed by atoms with Crippen LogP contribution in [0, 0.1) is 11.3 Å². The highest BCUT2D eigenvalue weighted by Crippen LogP contribution is 2.52. The van der Waals surface area contributed by atoms with Crippen LogP contribution in [0.1, 0.15) is 30.0 Å². The fraction of sp³-hybridized carbons (Fsp3) is 0.278. The van der Waals surface area contributed by atoms with Gasteiger partial charge in [0.15, 0.2) is 0 Å². The first kappa shape index (κ1) is 32.6. The Hall–Kier alpha value is -4.96. The van der Waals surface area contributed by atoms with Crippen LogP contribution >= 0.6 is 11.6 Å². The maximum Gasteiger partial charge on any atom is 0.266 e. The molecule has 0 aliphatic carbocycles. The molecule has 0 spiro atoms. The van der Waals surface area contributed by atoms with Gasteiger partial charge in [-0.15, -0.1) is 0 Å². The van der Waals surface area contributed by atoms with E-state index in [1.165, 1.54) is 4.31 Å². The van der Waals surface area contributed by atoms with Crippen LogP contribution in [-0.2, 0) is 15.6 Å².